The van der Waals surface area contributed by atoms with Crippen molar-refractivity contribution in [3.05, 3.63) is 42.6 Å². The molecule has 3 rings (SSSR count). The molecule has 0 spiro atoms. The first-order valence-electron chi connectivity index (χ1n) is 7.04. The number of aromatic nitrogens is 3. The van der Waals surface area contributed by atoms with E-state index in [0.717, 1.165) is 5.56 Å². The predicted octanol–water partition coefficient (Wildman–Crippen LogP) is 0.447. The number of morpholine rings is 1. The van der Waals surface area contributed by atoms with E-state index < -0.39 is 10.0 Å². The molecule has 22 heavy (non-hydrogen) atoms. The third-order valence-corrected chi connectivity index (χ3v) is 5.32. The molecule has 0 N–H and O–H groups in total. The van der Waals surface area contributed by atoms with Crippen molar-refractivity contribution >= 4 is 10.0 Å². The van der Waals surface area contributed by atoms with E-state index in [1.165, 1.54) is 16.8 Å². The molecular formula is C14H18N4O3S. The molecule has 0 amide bonds. The van der Waals surface area contributed by atoms with Gasteiger partial charge in [-0.25, -0.2) is 13.4 Å². The van der Waals surface area contributed by atoms with Crippen molar-refractivity contribution in [2.24, 2.45) is 7.05 Å². The number of hydrogen-bond acceptors (Lipinski definition) is 5. The topological polar surface area (TPSA) is 77.3 Å². The Balaban J connectivity index is 1.73. The Kier molecular flexibility index (Phi) is 4.23. The summed E-state index contributed by atoms with van der Waals surface area (Å²) in [5, 5.41) is 0.0806. The first-order valence-corrected chi connectivity index (χ1v) is 8.48. The van der Waals surface area contributed by atoms with Crippen molar-refractivity contribution in [2.75, 3.05) is 19.7 Å². The Bertz CT molecular complexity index is 730. The number of hydrogen-bond donors (Lipinski definition) is 0. The lowest BCUT2D eigenvalue weighted by molar-refractivity contribution is -0.000595. The van der Waals surface area contributed by atoms with Crippen molar-refractivity contribution in [1.29, 1.82) is 0 Å². The molecule has 2 aromatic heterocycles. The number of sulfonamides is 1. The summed E-state index contributed by atoms with van der Waals surface area (Å²) in [6.45, 7) is 1.06. The molecule has 1 aliphatic rings. The van der Waals surface area contributed by atoms with E-state index in [2.05, 4.69) is 9.97 Å². The molecule has 0 saturated carbocycles. The zero-order chi connectivity index (χ0) is 15.6. The Morgan fingerprint density at radius 1 is 1.45 bits per heavy atom. The smallest absolute Gasteiger partial charge is 0.262 e. The second kappa shape index (κ2) is 6.15. The highest BCUT2D eigenvalue weighted by molar-refractivity contribution is 7.89. The van der Waals surface area contributed by atoms with E-state index >= 15 is 0 Å². The molecule has 1 fully saturated rings. The van der Waals surface area contributed by atoms with Crippen LogP contribution in [-0.2, 0) is 28.2 Å². The van der Waals surface area contributed by atoms with Crippen LogP contribution in [0.4, 0.5) is 0 Å². The Morgan fingerprint density at radius 3 is 3.00 bits per heavy atom. The average molecular weight is 322 g/mol. The monoisotopic (exact) mass is 322 g/mol. The predicted molar refractivity (Wildman–Crippen MR) is 79.6 cm³/mol. The quantitative estimate of drug-likeness (QED) is 0.817. The molecule has 7 nitrogen and oxygen atoms in total. The molecule has 0 radical (unpaired) electrons. The van der Waals surface area contributed by atoms with Crippen molar-refractivity contribution in [3.63, 3.8) is 0 Å². The van der Waals surface area contributed by atoms with Crippen molar-refractivity contribution < 1.29 is 13.2 Å². The van der Waals surface area contributed by atoms with Gasteiger partial charge in [-0.15, -0.1) is 0 Å². The van der Waals surface area contributed by atoms with Gasteiger partial charge in [-0.1, -0.05) is 6.07 Å². The van der Waals surface area contributed by atoms with Gasteiger partial charge in [0, 0.05) is 45.1 Å². The molecule has 1 aliphatic heterocycles. The minimum Gasteiger partial charge on any atom is -0.375 e. The lowest BCUT2D eigenvalue weighted by Gasteiger charge is -2.31. The van der Waals surface area contributed by atoms with Crippen LogP contribution in [0.5, 0.6) is 0 Å². The van der Waals surface area contributed by atoms with Gasteiger partial charge in [0.15, 0.2) is 5.03 Å². The highest BCUT2D eigenvalue weighted by Crippen LogP contribution is 2.18. The molecule has 0 aromatic carbocycles. The Labute approximate surface area is 129 Å². The van der Waals surface area contributed by atoms with Crippen LogP contribution in [0.15, 0.2) is 42.1 Å². The van der Waals surface area contributed by atoms with Gasteiger partial charge < -0.3 is 9.30 Å². The van der Waals surface area contributed by atoms with Crippen LogP contribution in [0.25, 0.3) is 0 Å². The summed E-state index contributed by atoms with van der Waals surface area (Å²) in [6, 6.07) is 3.82. The van der Waals surface area contributed by atoms with E-state index in [1.54, 1.807) is 24.0 Å². The molecule has 1 saturated heterocycles. The molecule has 2 aromatic rings. The van der Waals surface area contributed by atoms with Crippen LogP contribution in [-0.4, -0.2) is 53.1 Å². The number of nitrogens with zero attached hydrogens (tertiary/aromatic N) is 4. The van der Waals surface area contributed by atoms with Crippen molar-refractivity contribution in [1.82, 2.24) is 18.8 Å². The molecule has 1 atom stereocenters. The van der Waals surface area contributed by atoms with Crippen LogP contribution in [0.1, 0.15) is 5.56 Å². The molecule has 0 aliphatic carbocycles. The van der Waals surface area contributed by atoms with E-state index in [9.17, 15) is 8.42 Å². The van der Waals surface area contributed by atoms with E-state index in [1.807, 2.05) is 12.1 Å². The normalized spacial score (nSPS) is 20.1. The van der Waals surface area contributed by atoms with E-state index in [4.69, 9.17) is 4.74 Å². The van der Waals surface area contributed by atoms with Crippen LogP contribution in [0.3, 0.4) is 0 Å². The van der Waals surface area contributed by atoms with Crippen molar-refractivity contribution in [3.8, 4) is 0 Å². The largest absolute Gasteiger partial charge is 0.375 e. The molecule has 0 bridgehead atoms. The fraction of sp³-hybridized carbons (Fsp3) is 0.429. The Hall–Kier alpha value is -1.77. The van der Waals surface area contributed by atoms with Gasteiger partial charge in [0.1, 0.15) is 0 Å². The lowest BCUT2D eigenvalue weighted by Crippen LogP contribution is -2.46. The second-order valence-electron chi connectivity index (χ2n) is 5.30. The summed E-state index contributed by atoms with van der Waals surface area (Å²) in [6.07, 6.45) is 6.96. The van der Waals surface area contributed by atoms with Gasteiger partial charge in [0.2, 0.25) is 0 Å². The molecule has 118 valence electrons. The van der Waals surface area contributed by atoms with Gasteiger partial charge in [-0.05, 0) is 11.6 Å². The first kappa shape index (κ1) is 15.1. The van der Waals surface area contributed by atoms with Crippen LogP contribution < -0.4 is 0 Å². The molecular weight excluding hydrogens is 304 g/mol. The van der Waals surface area contributed by atoms with Crippen LogP contribution in [0.2, 0.25) is 0 Å². The van der Waals surface area contributed by atoms with Crippen LogP contribution in [0, 0.1) is 0 Å². The second-order valence-corrected chi connectivity index (χ2v) is 7.18. The Morgan fingerprint density at radius 2 is 2.32 bits per heavy atom. The SMILES string of the molecule is Cn1cnc(S(=O)(=O)N2CCOC(Cc3cccnc3)C2)c1. The average Bonchev–Trinajstić information content (AvgIpc) is 2.96. The third-order valence-electron chi connectivity index (χ3n) is 3.57. The van der Waals surface area contributed by atoms with Crippen LogP contribution >= 0.6 is 0 Å². The van der Waals surface area contributed by atoms with E-state index in [-0.39, 0.29) is 11.1 Å². The molecule has 3 heterocycles. The highest BCUT2D eigenvalue weighted by atomic mass is 32.2. The lowest BCUT2D eigenvalue weighted by atomic mass is 10.1. The van der Waals surface area contributed by atoms with E-state index in [0.29, 0.717) is 26.1 Å². The number of ether oxygens (including phenoxy) is 1. The summed E-state index contributed by atoms with van der Waals surface area (Å²) < 4.78 is 33.9. The minimum absolute atomic E-state index is 0.0806. The standard InChI is InChI=1S/C14H18N4O3S/c1-17-10-14(16-11-17)22(19,20)18-5-6-21-13(9-18)7-12-3-2-4-15-8-12/h2-4,8,10-11,13H,5-7,9H2,1H3. The maximum atomic E-state index is 12.6. The highest BCUT2D eigenvalue weighted by Gasteiger charge is 2.32. The number of rotatable bonds is 4. The summed E-state index contributed by atoms with van der Waals surface area (Å²) in [4.78, 5) is 8.02. The fourth-order valence-corrected chi connectivity index (χ4v) is 3.89. The zero-order valence-corrected chi connectivity index (χ0v) is 13.1. The van der Waals surface area contributed by atoms with Gasteiger partial charge in [-0.3, -0.25) is 4.98 Å². The zero-order valence-electron chi connectivity index (χ0n) is 12.3. The van der Waals surface area contributed by atoms with Gasteiger partial charge in [-0.2, -0.15) is 4.31 Å². The maximum absolute atomic E-state index is 12.6. The van der Waals surface area contributed by atoms with Crippen molar-refractivity contribution in [2.45, 2.75) is 17.6 Å². The first-order chi connectivity index (χ1) is 10.6. The minimum atomic E-state index is -3.56. The fourth-order valence-electron chi connectivity index (χ4n) is 2.47. The molecule has 8 heteroatoms. The molecule has 1 unspecified atom stereocenters. The summed E-state index contributed by atoms with van der Waals surface area (Å²) >= 11 is 0. The number of aryl methyl sites for hydroxylation is 1. The van der Waals surface area contributed by atoms with Gasteiger partial charge in [0.25, 0.3) is 10.0 Å². The summed E-state index contributed by atoms with van der Waals surface area (Å²) in [7, 11) is -1.81. The maximum Gasteiger partial charge on any atom is 0.262 e. The van der Waals surface area contributed by atoms with Gasteiger partial charge in [0.05, 0.1) is 19.0 Å². The van der Waals surface area contributed by atoms with Gasteiger partial charge >= 0.3 is 0 Å². The third kappa shape index (κ3) is 3.18. The number of imidazole rings is 1. The number of pyridine rings is 1. The summed E-state index contributed by atoms with van der Waals surface area (Å²) in [5.41, 5.74) is 1.03. The summed E-state index contributed by atoms with van der Waals surface area (Å²) in [5.74, 6) is 0.